The smallest absolute Gasteiger partial charge is 0.227 e. The number of nitrogens with one attached hydrogen (secondary N) is 1. The van der Waals surface area contributed by atoms with Crippen molar-refractivity contribution in [2.24, 2.45) is 5.92 Å². The molecule has 1 saturated carbocycles. The van der Waals surface area contributed by atoms with Crippen molar-refractivity contribution in [1.29, 1.82) is 0 Å². The topological polar surface area (TPSA) is 29.1 Å². The van der Waals surface area contributed by atoms with Crippen LogP contribution in [0.4, 0.5) is 5.69 Å². The Morgan fingerprint density at radius 2 is 1.80 bits per heavy atom. The molecule has 0 radical (unpaired) electrons. The summed E-state index contributed by atoms with van der Waals surface area (Å²) in [6.07, 6.45) is 4.28. The third-order valence-corrected chi connectivity index (χ3v) is 4.54. The summed E-state index contributed by atoms with van der Waals surface area (Å²) in [4.78, 5) is 12.0. The molecule has 0 aliphatic heterocycles. The Bertz CT molecular complexity index is 686. The average molecular weight is 263 g/mol. The van der Waals surface area contributed by atoms with Gasteiger partial charge in [-0.25, -0.2) is 0 Å². The molecular weight excluding hydrogens is 246 g/mol. The number of benzene rings is 2. The van der Waals surface area contributed by atoms with Crippen molar-refractivity contribution < 1.29 is 4.79 Å². The first-order valence-corrected chi connectivity index (χ1v) is 7.33. The Morgan fingerprint density at radius 3 is 2.60 bits per heavy atom. The summed E-state index contributed by atoms with van der Waals surface area (Å²) in [5.74, 6) is 0.415. The van der Waals surface area contributed by atoms with Crippen LogP contribution in [0.25, 0.3) is 11.1 Å². The predicted molar refractivity (Wildman–Crippen MR) is 80.7 cm³/mol. The van der Waals surface area contributed by atoms with E-state index >= 15 is 0 Å². The Hall–Kier alpha value is -2.09. The third-order valence-electron chi connectivity index (χ3n) is 4.54. The van der Waals surface area contributed by atoms with Gasteiger partial charge in [-0.05, 0) is 53.6 Å². The highest BCUT2D eigenvalue weighted by molar-refractivity contribution is 5.94. The average Bonchev–Trinajstić information content (AvgIpc) is 2.75. The molecule has 2 aliphatic carbocycles. The number of carbonyl (C=O) groups excluding carboxylic acids is 1. The van der Waals surface area contributed by atoms with Gasteiger partial charge < -0.3 is 5.32 Å². The van der Waals surface area contributed by atoms with Crippen molar-refractivity contribution in [2.75, 3.05) is 5.32 Å². The van der Waals surface area contributed by atoms with Crippen LogP contribution in [0.2, 0.25) is 0 Å². The highest BCUT2D eigenvalue weighted by Crippen LogP contribution is 2.38. The number of anilines is 1. The van der Waals surface area contributed by atoms with Crippen LogP contribution in [0.3, 0.4) is 0 Å². The molecule has 0 unspecified atom stereocenters. The third kappa shape index (κ3) is 1.83. The first-order valence-electron chi connectivity index (χ1n) is 7.33. The minimum atomic E-state index is 0.183. The maximum Gasteiger partial charge on any atom is 0.227 e. The molecule has 4 rings (SSSR count). The predicted octanol–water partition coefficient (Wildman–Crippen LogP) is 4.00. The fraction of sp³-hybridized carbons (Fsp3) is 0.278. The number of rotatable bonds is 2. The Balaban J connectivity index is 1.64. The van der Waals surface area contributed by atoms with Crippen molar-refractivity contribution in [2.45, 2.75) is 25.7 Å². The van der Waals surface area contributed by atoms with Crippen molar-refractivity contribution in [3.8, 4) is 11.1 Å². The van der Waals surface area contributed by atoms with Gasteiger partial charge in [0.2, 0.25) is 5.91 Å². The minimum absolute atomic E-state index is 0.183. The van der Waals surface area contributed by atoms with E-state index in [2.05, 4.69) is 41.7 Å². The Kier molecular flexibility index (Phi) is 2.62. The van der Waals surface area contributed by atoms with E-state index in [0.29, 0.717) is 0 Å². The molecule has 2 aromatic rings. The summed E-state index contributed by atoms with van der Waals surface area (Å²) in [6.45, 7) is 0. The summed E-state index contributed by atoms with van der Waals surface area (Å²) in [6, 6.07) is 14.8. The molecule has 0 saturated heterocycles. The first kappa shape index (κ1) is 11.7. The van der Waals surface area contributed by atoms with Crippen LogP contribution in [0.5, 0.6) is 0 Å². The quantitative estimate of drug-likeness (QED) is 0.744. The highest BCUT2D eigenvalue weighted by Gasteiger charge is 2.25. The van der Waals surface area contributed by atoms with E-state index in [9.17, 15) is 4.79 Å². The monoisotopic (exact) mass is 263 g/mol. The summed E-state index contributed by atoms with van der Waals surface area (Å²) >= 11 is 0. The summed E-state index contributed by atoms with van der Waals surface area (Å²) in [5, 5.41) is 3.07. The molecule has 20 heavy (non-hydrogen) atoms. The SMILES string of the molecule is O=C(Nc1ccc2c(c1)-c1ccccc1C2)C1CCC1. The second kappa shape index (κ2) is 4.48. The molecule has 0 atom stereocenters. The zero-order chi connectivity index (χ0) is 13.5. The number of amides is 1. The maximum atomic E-state index is 12.0. The van der Waals surface area contributed by atoms with Crippen LogP contribution in [0.15, 0.2) is 42.5 Å². The highest BCUT2D eigenvalue weighted by atomic mass is 16.1. The molecule has 2 heteroatoms. The lowest BCUT2D eigenvalue weighted by Gasteiger charge is -2.24. The minimum Gasteiger partial charge on any atom is -0.326 e. The van der Waals surface area contributed by atoms with Gasteiger partial charge in [0.1, 0.15) is 0 Å². The van der Waals surface area contributed by atoms with Crippen molar-refractivity contribution in [3.05, 3.63) is 53.6 Å². The zero-order valence-electron chi connectivity index (χ0n) is 11.4. The molecule has 2 aliphatic rings. The van der Waals surface area contributed by atoms with Gasteiger partial charge in [-0.3, -0.25) is 4.79 Å². The fourth-order valence-electron chi connectivity index (χ4n) is 3.12. The van der Waals surface area contributed by atoms with Gasteiger partial charge in [0.25, 0.3) is 0 Å². The van der Waals surface area contributed by atoms with Crippen molar-refractivity contribution in [1.82, 2.24) is 0 Å². The van der Waals surface area contributed by atoms with E-state index in [4.69, 9.17) is 0 Å². The zero-order valence-corrected chi connectivity index (χ0v) is 11.4. The van der Waals surface area contributed by atoms with Gasteiger partial charge in [0, 0.05) is 11.6 Å². The molecule has 0 aromatic heterocycles. The van der Waals surface area contributed by atoms with Crippen LogP contribution in [0.1, 0.15) is 30.4 Å². The molecule has 2 nitrogen and oxygen atoms in total. The van der Waals surface area contributed by atoms with Crippen LogP contribution >= 0.6 is 0 Å². The molecule has 1 fully saturated rings. The van der Waals surface area contributed by atoms with Gasteiger partial charge in [0.05, 0.1) is 0 Å². The van der Waals surface area contributed by atoms with Gasteiger partial charge in [-0.15, -0.1) is 0 Å². The van der Waals surface area contributed by atoms with E-state index in [1.807, 2.05) is 6.07 Å². The molecule has 0 heterocycles. The van der Waals surface area contributed by atoms with Crippen LogP contribution in [-0.2, 0) is 11.2 Å². The second-order valence-electron chi connectivity index (χ2n) is 5.82. The molecule has 1 amide bonds. The summed E-state index contributed by atoms with van der Waals surface area (Å²) < 4.78 is 0. The van der Waals surface area contributed by atoms with Gasteiger partial charge in [0.15, 0.2) is 0 Å². The largest absolute Gasteiger partial charge is 0.326 e. The maximum absolute atomic E-state index is 12.0. The van der Waals surface area contributed by atoms with Crippen molar-refractivity contribution >= 4 is 11.6 Å². The summed E-state index contributed by atoms with van der Waals surface area (Å²) in [7, 11) is 0. The normalized spacial score (nSPS) is 16.2. The lowest BCUT2D eigenvalue weighted by molar-refractivity contribution is -0.122. The summed E-state index contributed by atoms with van der Waals surface area (Å²) in [5.41, 5.74) is 6.24. The van der Waals surface area contributed by atoms with Crippen LogP contribution < -0.4 is 5.32 Å². The fourth-order valence-corrected chi connectivity index (χ4v) is 3.12. The van der Waals surface area contributed by atoms with Gasteiger partial charge >= 0.3 is 0 Å². The van der Waals surface area contributed by atoms with E-state index < -0.39 is 0 Å². The van der Waals surface area contributed by atoms with Crippen LogP contribution in [0, 0.1) is 5.92 Å². The van der Waals surface area contributed by atoms with Crippen molar-refractivity contribution in [3.63, 3.8) is 0 Å². The van der Waals surface area contributed by atoms with Gasteiger partial charge in [-0.2, -0.15) is 0 Å². The van der Waals surface area contributed by atoms with E-state index in [1.165, 1.54) is 28.7 Å². The van der Waals surface area contributed by atoms with E-state index in [0.717, 1.165) is 24.9 Å². The lowest BCUT2D eigenvalue weighted by atomic mass is 9.85. The number of hydrogen-bond acceptors (Lipinski definition) is 1. The Labute approximate surface area is 118 Å². The standard InChI is InChI=1S/C18H17NO/c20-18(12-5-3-6-12)19-15-9-8-14-10-13-4-1-2-7-16(13)17(14)11-15/h1-2,4,7-9,11-12H,3,5-6,10H2,(H,19,20). The lowest BCUT2D eigenvalue weighted by Crippen LogP contribution is -2.28. The van der Waals surface area contributed by atoms with Gasteiger partial charge in [-0.1, -0.05) is 36.8 Å². The van der Waals surface area contributed by atoms with Crippen LogP contribution in [-0.4, -0.2) is 5.91 Å². The molecular formula is C18H17NO. The number of carbonyl (C=O) groups is 1. The second-order valence-corrected chi connectivity index (χ2v) is 5.82. The number of hydrogen-bond donors (Lipinski definition) is 1. The molecule has 0 spiro atoms. The molecule has 0 bridgehead atoms. The molecule has 100 valence electrons. The molecule has 2 aromatic carbocycles. The van der Waals surface area contributed by atoms with E-state index in [1.54, 1.807) is 0 Å². The molecule has 1 N–H and O–H groups in total. The Morgan fingerprint density at radius 1 is 1.00 bits per heavy atom. The van der Waals surface area contributed by atoms with E-state index in [-0.39, 0.29) is 11.8 Å². The first-order chi connectivity index (χ1) is 9.81. The number of fused-ring (bicyclic) bond motifs is 3.